The minimum absolute atomic E-state index is 0.0878. The van der Waals surface area contributed by atoms with Crippen molar-refractivity contribution in [1.82, 2.24) is 0 Å². The van der Waals surface area contributed by atoms with Crippen LogP contribution < -0.4 is 4.74 Å². The summed E-state index contributed by atoms with van der Waals surface area (Å²) in [6.07, 6.45) is -6.75. The zero-order chi connectivity index (χ0) is 14.1. The molecule has 0 spiro atoms. The van der Waals surface area contributed by atoms with Crippen LogP contribution in [0, 0.1) is 0 Å². The topological polar surface area (TPSA) is 66.8 Å². The van der Waals surface area contributed by atoms with Gasteiger partial charge in [0.25, 0.3) is 0 Å². The van der Waals surface area contributed by atoms with Crippen LogP contribution in [0.1, 0.15) is 17.2 Å². The van der Waals surface area contributed by atoms with Gasteiger partial charge >= 0.3 is 12.1 Å². The Labute approximate surface area is 108 Å². The normalized spacial score (nSPS) is 13.2. The summed E-state index contributed by atoms with van der Waals surface area (Å²) in [6.45, 7) is 0. The summed E-state index contributed by atoms with van der Waals surface area (Å²) < 4.78 is 42.7. The van der Waals surface area contributed by atoms with E-state index in [2.05, 4.69) is 20.7 Å². The molecular formula is C10H8BrF3O4. The van der Waals surface area contributed by atoms with Crippen LogP contribution in [0.15, 0.2) is 16.6 Å². The summed E-state index contributed by atoms with van der Waals surface area (Å²) in [4.78, 5) is 10.5. The van der Waals surface area contributed by atoms with E-state index in [4.69, 9.17) is 5.11 Å². The number of ether oxygens (including phenoxy) is 1. The zero-order valence-electron chi connectivity index (χ0n) is 8.95. The van der Waals surface area contributed by atoms with Crippen LogP contribution in [0.2, 0.25) is 0 Å². The van der Waals surface area contributed by atoms with E-state index in [-0.39, 0.29) is 10.0 Å². The molecule has 1 aromatic rings. The lowest BCUT2D eigenvalue weighted by molar-refractivity contribution is -0.147. The number of hydrogen-bond acceptors (Lipinski definition) is 3. The highest BCUT2D eigenvalue weighted by Gasteiger charge is 2.36. The second-order valence-electron chi connectivity index (χ2n) is 3.32. The summed E-state index contributed by atoms with van der Waals surface area (Å²) in [6, 6.07) is 1.61. The maximum Gasteiger partial charge on any atom is 0.420 e. The van der Waals surface area contributed by atoms with Crippen molar-refractivity contribution in [3.8, 4) is 5.75 Å². The second kappa shape index (κ2) is 5.15. The Morgan fingerprint density at radius 3 is 2.39 bits per heavy atom. The lowest BCUT2D eigenvalue weighted by Gasteiger charge is -2.16. The Kier molecular flexibility index (Phi) is 4.23. The molecule has 0 aliphatic heterocycles. The summed E-state index contributed by atoms with van der Waals surface area (Å²) >= 11 is 2.84. The van der Waals surface area contributed by atoms with Gasteiger partial charge in [0.15, 0.2) is 6.10 Å². The van der Waals surface area contributed by atoms with Crippen molar-refractivity contribution in [3.63, 3.8) is 0 Å². The number of aliphatic carboxylic acids is 1. The van der Waals surface area contributed by atoms with E-state index < -0.39 is 29.6 Å². The molecule has 0 saturated heterocycles. The molecule has 0 heterocycles. The van der Waals surface area contributed by atoms with Gasteiger partial charge in [-0.3, -0.25) is 0 Å². The first kappa shape index (κ1) is 14.8. The van der Waals surface area contributed by atoms with Gasteiger partial charge in [-0.2, -0.15) is 13.2 Å². The third-order valence-corrected chi connectivity index (χ3v) is 2.71. The van der Waals surface area contributed by atoms with Crippen molar-refractivity contribution < 1.29 is 32.9 Å². The van der Waals surface area contributed by atoms with Gasteiger partial charge in [0, 0.05) is 0 Å². The average Bonchev–Trinajstić information content (AvgIpc) is 2.25. The summed E-state index contributed by atoms with van der Waals surface area (Å²) in [5.74, 6) is -2.11. The highest BCUT2D eigenvalue weighted by atomic mass is 79.9. The highest BCUT2D eigenvalue weighted by molar-refractivity contribution is 9.10. The number of carbonyl (C=O) groups is 1. The van der Waals surface area contributed by atoms with E-state index in [1.54, 1.807) is 0 Å². The van der Waals surface area contributed by atoms with E-state index in [1.807, 2.05) is 0 Å². The molecule has 0 fully saturated rings. The highest BCUT2D eigenvalue weighted by Crippen LogP contribution is 2.42. The first-order valence-corrected chi connectivity index (χ1v) is 5.33. The zero-order valence-corrected chi connectivity index (χ0v) is 10.5. The summed E-state index contributed by atoms with van der Waals surface area (Å²) in [5.41, 5.74) is -1.54. The minimum Gasteiger partial charge on any atom is -0.495 e. The number of halogens is 4. The molecule has 8 heteroatoms. The molecule has 2 N–H and O–H groups in total. The lowest BCUT2D eigenvalue weighted by Crippen LogP contribution is -2.14. The maximum atomic E-state index is 12.7. The molecule has 0 saturated carbocycles. The molecule has 0 aliphatic rings. The summed E-state index contributed by atoms with van der Waals surface area (Å²) in [5, 5.41) is 17.8. The van der Waals surface area contributed by atoms with Crippen molar-refractivity contribution in [2.45, 2.75) is 12.3 Å². The van der Waals surface area contributed by atoms with Crippen molar-refractivity contribution in [2.75, 3.05) is 7.11 Å². The van der Waals surface area contributed by atoms with Crippen molar-refractivity contribution >= 4 is 21.9 Å². The molecule has 1 unspecified atom stereocenters. The molecule has 1 aromatic carbocycles. The van der Waals surface area contributed by atoms with Crippen molar-refractivity contribution in [2.24, 2.45) is 0 Å². The number of methoxy groups -OCH3 is 1. The molecule has 100 valence electrons. The van der Waals surface area contributed by atoms with Gasteiger partial charge in [-0.1, -0.05) is 0 Å². The molecule has 1 atom stereocenters. The fourth-order valence-electron chi connectivity index (χ4n) is 1.33. The Bertz CT molecular complexity index is 473. The molecule has 0 aliphatic carbocycles. The molecule has 18 heavy (non-hydrogen) atoms. The fraction of sp³-hybridized carbons (Fsp3) is 0.300. The van der Waals surface area contributed by atoms with E-state index in [9.17, 15) is 23.1 Å². The Hall–Kier alpha value is -1.28. The summed E-state index contributed by atoms with van der Waals surface area (Å²) in [7, 11) is 1.06. The first-order valence-electron chi connectivity index (χ1n) is 4.54. The van der Waals surface area contributed by atoms with Crippen LogP contribution in [0.25, 0.3) is 0 Å². The van der Waals surface area contributed by atoms with Crippen molar-refractivity contribution in [1.29, 1.82) is 0 Å². The molecule has 0 bridgehead atoms. The van der Waals surface area contributed by atoms with Crippen LogP contribution in [-0.4, -0.2) is 23.3 Å². The standard InChI is InChI=1S/C10H8BrF3O4/c1-18-8-5(10(12,13)14)2-4(3-6(8)11)7(15)9(16)17/h2-3,7,15H,1H3,(H,16,17). The van der Waals surface area contributed by atoms with E-state index in [1.165, 1.54) is 0 Å². The van der Waals surface area contributed by atoms with Crippen LogP contribution in [0.5, 0.6) is 5.75 Å². The molecule has 0 aromatic heterocycles. The van der Waals surface area contributed by atoms with Gasteiger partial charge < -0.3 is 14.9 Å². The maximum absolute atomic E-state index is 12.7. The van der Waals surface area contributed by atoms with Gasteiger partial charge in [-0.25, -0.2) is 4.79 Å². The SMILES string of the molecule is COc1c(Br)cc(C(O)C(=O)O)cc1C(F)(F)F. The minimum atomic E-state index is -4.72. The Morgan fingerprint density at radius 1 is 1.44 bits per heavy atom. The van der Waals surface area contributed by atoms with Gasteiger partial charge in [0.2, 0.25) is 0 Å². The number of hydrogen-bond donors (Lipinski definition) is 2. The predicted octanol–water partition coefficient (Wildman–Crippen LogP) is 2.59. The predicted molar refractivity (Wildman–Crippen MR) is 58.3 cm³/mol. The van der Waals surface area contributed by atoms with Crippen LogP contribution in [-0.2, 0) is 11.0 Å². The van der Waals surface area contributed by atoms with E-state index >= 15 is 0 Å². The Balaban J connectivity index is 3.44. The van der Waals surface area contributed by atoms with E-state index in [0.717, 1.165) is 13.2 Å². The number of carboxylic acid groups (broad SMARTS) is 1. The van der Waals surface area contributed by atoms with E-state index in [0.29, 0.717) is 6.07 Å². The third kappa shape index (κ3) is 2.94. The molecule has 1 rings (SSSR count). The van der Waals surface area contributed by atoms with Gasteiger partial charge in [0.05, 0.1) is 17.1 Å². The smallest absolute Gasteiger partial charge is 0.420 e. The number of aliphatic hydroxyl groups is 1. The van der Waals surface area contributed by atoms with Gasteiger partial charge in [0.1, 0.15) is 5.75 Å². The number of rotatable bonds is 3. The number of carboxylic acids is 1. The number of aliphatic hydroxyl groups excluding tert-OH is 1. The average molecular weight is 329 g/mol. The van der Waals surface area contributed by atoms with Crippen LogP contribution in [0.4, 0.5) is 13.2 Å². The molecule has 4 nitrogen and oxygen atoms in total. The lowest BCUT2D eigenvalue weighted by atomic mass is 10.0. The number of benzene rings is 1. The fourth-order valence-corrected chi connectivity index (χ4v) is 1.97. The Morgan fingerprint density at radius 2 is 2.00 bits per heavy atom. The van der Waals surface area contributed by atoms with Crippen molar-refractivity contribution in [3.05, 3.63) is 27.7 Å². The molecule has 0 radical (unpaired) electrons. The third-order valence-electron chi connectivity index (χ3n) is 2.13. The number of alkyl halides is 3. The van der Waals surface area contributed by atoms with Crippen LogP contribution in [0.3, 0.4) is 0 Å². The molecular weight excluding hydrogens is 321 g/mol. The van der Waals surface area contributed by atoms with Gasteiger partial charge in [-0.15, -0.1) is 0 Å². The quantitative estimate of drug-likeness (QED) is 0.895. The largest absolute Gasteiger partial charge is 0.495 e. The van der Waals surface area contributed by atoms with Gasteiger partial charge in [-0.05, 0) is 33.6 Å². The second-order valence-corrected chi connectivity index (χ2v) is 4.18. The monoisotopic (exact) mass is 328 g/mol. The van der Waals surface area contributed by atoms with Crippen LogP contribution >= 0.6 is 15.9 Å². The molecule has 0 amide bonds. The first-order chi connectivity index (χ1) is 8.18.